The largest absolute Gasteiger partial charge is 0.490 e. The average Bonchev–Trinajstić information content (AvgIpc) is 2.99. The molecule has 142 valence electrons. The standard InChI is InChI=1S/C22H20N2O3S/c25-22(17-4-9-20-21(13-17)27-12-2-11-26-20)24-18-5-7-19(8-6-18)28-15-16-3-1-10-23-14-16/h1,3-10,13-14H,2,11-12,15H2,(H,24,25). The van der Waals surface area contributed by atoms with Crippen LogP contribution in [0.2, 0.25) is 0 Å². The summed E-state index contributed by atoms with van der Waals surface area (Å²) in [6.07, 6.45) is 4.48. The van der Waals surface area contributed by atoms with Gasteiger partial charge in [0.2, 0.25) is 0 Å². The average molecular weight is 392 g/mol. The fraction of sp³-hybridized carbons (Fsp3) is 0.182. The molecule has 0 atom stereocenters. The molecule has 0 spiro atoms. The maximum atomic E-state index is 12.6. The molecule has 2 aromatic carbocycles. The molecular weight excluding hydrogens is 372 g/mol. The number of anilines is 1. The van der Waals surface area contributed by atoms with Crippen molar-refractivity contribution in [3.8, 4) is 11.5 Å². The number of benzene rings is 2. The van der Waals surface area contributed by atoms with Gasteiger partial charge in [-0.05, 0) is 54.1 Å². The van der Waals surface area contributed by atoms with Crippen LogP contribution in [-0.4, -0.2) is 24.1 Å². The number of aromatic nitrogens is 1. The first-order valence-electron chi connectivity index (χ1n) is 9.11. The highest BCUT2D eigenvalue weighted by atomic mass is 32.2. The number of hydrogen-bond donors (Lipinski definition) is 1. The molecular formula is C22H20N2O3S. The van der Waals surface area contributed by atoms with Gasteiger partial charge in [0.1, 0.15) is 0 Å². The zero-order chi connectivity index (χ0) is 19.2. The Kier molecular flexibility index (Phi) is 5.77. The highest BCUT2D eigenvalue weighted by Gasteiger charge is 2.14. The predicted molar refractivity (Wildman–Crippen MR) is 110 cm³/mol. The first kappa shape index (κ1) is 18.4. The van der Waals surface area contributed by atoms with Crippen molar-refractivity contribution >= 4 is 23.4 Å². The minimum Gasteiger partial charge on any atom is -0.490 e. The molecule has 5 nitrogen and oxygen atoms in total. The minimum absolute atomic E-state index is 0.175. The van der Waals surface area contributed by atoms with E-state index in [1.807, 2.05) is 36.5 Å². The van der Waals surface area contributed by atoms with Crippen LogP contribution < -0.4 is 14.8 Å². The Bertz CT molecular complexity index is 946. The van der Waals surface area contributed by atoms with Crippen molar-refractivity contribution in [2.24, 2.45) is 0 Å². The Morgan fingerprint density at radius 3 is 2.64 bits per heavy atom. The van der Waals surface area contributed by atoms with E-state index < -0.39 is 0 Å². The number of carbonyl (C=O) groups excluding carboxylic acids is 1. The highest BCUT2D eigenvalue weighted by Crippen LogP contribution is 2.31. The predicted octanol–water partition coefficient (Wildman–Crippen LogP) is 4.79. The molecule has 3 aromatic rings. The number of thioether (sulfide) groups is 1. The van der Waals surface area contributed by atoms with Crippen molar-refractivity contribution in [3.63, 3.8) is 0 Å². The molecule has 28 heavy (non-hydrogen) atoms. The molecule has 0 unspecified atom stereocenters. The van der Waals surface area contributed by atoms with E-state index in [0.717, 1.165) is 22.8 Å². The lowest BCUT2D eigenvalue weighted by Gasteiger charge is -2.10. The van der Waals surface area contributed by atoms with Crippen LogP contribution in [0.1, 0.15) is 22.3 Å². The van der Waals surface area contributed by atoms with Crippen molar-refractivity contribution in [1.29, 1.82) is 0 Å². The van der Waals surface area contributed by atoms with Crippen LogP contribution in [0.25, 0.3) is 0 Å². The van der Waals surface area contributed by atoms with E-state index in [9.17, 15) is 4.79 Å². The number of ether oxygens (including phenoxy) is 2. The second-order valence-electron chi connectivity index (χ2n) is 6.34. The Labute approximate surface area is 168 Å². The molecule has 2 heterocycles. The van der Waals surface area contributed by atoms with E-state index in [0.29, 0.717) is 30.3 Å². The van der Waals surface area contributed by atoms with E-state index >= 15 is 0 Å². The number of hydrogen-bond acceptors (Lipinski definition) is 5. The van der Waals surface area contributed by atoms with E-state index in [4.69, 9.17) is 9.47 Å². The van der Waals surface area contributed by atoms with Gasteiger partial charge in [0, 0.05) is 40.7 Å². The molecule has 0 saturated carbocycles. The number of nitrogens with one attached hydrogen (secondary N) is 1. The zero-order valence-electron chi connectivity index (χ0n) is 15.3. The van der Waals surface area contributed by atoms with Gasteiger partial charge >= 0.3 is 0 Å². The topological polar surface area (TPSA) is 60.5 Å². The molecule has 1 N–H and O–H groups in total. The van der Waals surface area contributed by atoms with Gasteiger partial charge in [-0.3, -0.25) is 9.78 Å². The molecule has 1 aromatic heterocycles. The summed E-state index contributed by atoms with van der Waals surface area (Å²) in [4.78, 5) is 17.8. The van der Waals surface area contributed by atoms with Crippen LogP contribution >= 0.6 is 11.8 Å². The molecule has 0 fully saturated rings. The Morgan fingerprint density at radius 2 is 1.86 bits per heavy atom. The van der Waals surface area contributed by atoms with E-state index in [-0.39, 0.29) is 5.91 Å². The van der Waals surface area contributed by atoms with Crippen molar-refractivity contribution in [1.82, 2.24) is 4.98 Å². The maximum absolute atomic E-state index is 12.6. The molecule has 0 saturated heterocycles. The lowest BCUT2D eigenvalue weighted by Crippen LogP contribution is -2.12. The van der Waals surface area contributed by atoms with Crippen molar-refractivity contribution in [2.75, 3.05) is 18.5 Å². The number of rotatable bonds is 5. The summed E-state index contributed by atoms with van der Waals surface area (Å²) in [5, 5.41) is 2.93. The molecule has 0 bridgehead atoms. The molecule has 4 rings (SSSR count). The number of amides is 1. The van der Waals surface area contributed by atoms with Gasteiger partial charge in [-0.1, -0.05) is 6.07 Å². The first-order chi connectivity index (χ1) is 13.8. The van der Waals surface area contributed by atoms with Gasteiger partial charge in [0.05, 0.1) is 13.2 Å². The summed E-state index contributed by atoms with van der Waals surface area (Å²) < 4.78 is 11.3. The fourth-order valence-corrected chi connectivity index (χ4v) is 3.63. The lowest BCUT2D eigenvalue weighted by molar-refractivity contribution is 0.102. The lowest BCUT2D eigenvalue weighted by atomic mass is 10.2. The van der Waals surface area contributed by atoms with Crippen LogP contribution in [0.5, 0.6) is 11.5 Å². The van der Waals surface area contributed by atoms with Gasteiger partial charge in [-0.25, -0.2) is 0 Å². The third-order valence-corrected chi connectivity index (χ3v) is 5.33. The van der Waals surface area contributed by atoms with Gasteiger partial charge in [-0.2, -0.15) is 0 Å². The van der Waals surface area contributed by atoms with Crippen LogP contribution in [0.4, 0.5) is 5.69 Å². The van der Waals surface area contributed by atoms with E-state index in [1.165, 1.54) is 5.56 Å². The molecule has 1 aliphatic rings. The zero-order valence-corrected chi connectivity index (χ0v) is 16.1. The molecule has 6 heteroatoms. The minimum atomic E-state index is -0.175. The van der Waals surface area contributed by atoms with Gasteiger partial charge < -0.3 is 14.8 Å². The summed E-state index contributed by atoms with van der Waals surface area (Å²) in [6.45, 7) is 1.22. The third kappa shape index (κ3) is 4.64. The van der Waals surface area contributed by atoms with Crippen molar-refractivity contribution < 1.29 is 14.3 Å². The normalized spacial score (nSPS) is 12.9. The Balaban J connectivity index is 1.37. The maximum Gasteiger partial charge on any atom is 0.255 e. The Hall–Kier alpha value is -2.99. The van der Waals surface area contributed by atoms with Crippen molar-refractivity contribution in [2.45, 2.75) is 17.1 Å². The van der Waals surface area contributed by atoms with E-state index in [2.05, 4.69) is 16.4 Å². The van der Waals surface area contributed by atoms with Crippen molar-refractivity contribution in [3.05, 3.63) is 78.1 Å². The second-order valence-corrected chi connectivity index (χ2v) is 7.39. The third-order valence-electron chi connectivity index (χ3n) is 4.25. The SMILES string of the molecule is O=C(Nc1ccc(SCc2cccnc2)cc1)c1ccc2c(c1)OCCCO2. The van der Waals surface area contributed by atoms with E-state index in [1.54, 1.807) is 36.2 Å². The summed E-state index contributed by atoms with van der Waals surface area (Å²) in [6, 6.07) is 17.1. The fourth-order valence-electron chi connectivity index (χ4n) is 2.79. The number of carbonyl (C=O) groups is 1. The molecule has 1 amide bonds. The summed E-state index contributed by atoms with van der Waals surface area (Å²) in [7, 11) is 0. The quantitative estimate of drug-likeness (QED) is 0.633. The summed E-state index contributed by atoms with van der Waals surface area (Å²) in [5.41, 5.74) is 2.47. The molecule has 0 aliphatic carbocycles. The van der Waals surface area contributed by atoms with Crippen LogP contribution in [0.3, 0.4) is 0 Å². The summed E-state index contributed by atoms with van der Waals surface area (Å²) in [5.74, 6) is 1.99. The van der Waals surface area contributed by atoms with Crippen LogP contribution in [0, 0.1) is 0 Å². The Morgan fingerprint density at radius 1 is 1.04 bits per heavy atom. The van der Waals surface area contributed by atoms with Gasteiger partial charge in [-0.15, -0.1) is 11.8 Å². The first-order valence-corrected chi connectivity index (χ1v) is 10.1. The number of nitrogens with zero attached hydrogens (tertiary/aromatic N) is 1. The highest BCUT2D eigenvalue weighted by molar-refractivity contribution is 7.98. The van der Waals surface area contributed by atoms with Crippen LogP contribution in [0.15, 0.2) is 71.9 Å². The summed E-state index contributed by atoms with van der Waals surface area (Å²) >= 11 is 1.73. The van der Waals surface area contributed by atoms with Gasteiger partial charge in [0.15, 0.2) is 11.5 Å². The smallest absolute Gasteiger partial charge is 0.255 e. The molecule has 0 radical (unpaired) electrons. The number of pyridine rings is 1. The number of fused-ring (bicyclic) bond motifs is 1. The van der Waals surface area contributed by atoms with Gasteiger partial charge in [0.25, 0.3) is 5.91 Å². The molecule has 1 aliphatic heterocycles. The van der Waals surface area contributed by atoms with Crippen LogP contribution in [-0.2, 0) is 5.75 Å². The monoisotopic (exact) mass is 392 g/mol. The second kappa shape index (κ2) is 8.80.